The van der Waals surface area contributed by atoms with Crippen LogP contribution in [0.4, 0.5) is 16.3 Å². The van der Waals surface area contributed by atoms with Gasteiger partial charge in [0.1, 0.15) is 5.76 Å². The van der Waals surface area contributed by atoms with Gasteiger partial charge < -0.3 is 14.3 Å². The molecule has 3 rings (SSSR count). The Balaban J connectivity index is 1.71. The number of rotatable bonds is 4. The Morgan fingerprint density at radius 1 is 1.07 bits per heavy atom. The Morgan fingerprint density at radius 2 is 1.67 bits per heavy atom. The smallest absolute Gasteiger partial charge is 0.323 e. The number of aryl methyl sites for hydroxylation is 1. The van der Waals surface area contributed by atoms with Crippen LogP contribution in [-0.2, 0) is 0 Å². The predicted octanol–water partition coefficient (Wildman–Crippen LogP) is 4.58. The van der Waals surface area contributed by atoms with Gasteiger partial charge in [-0.25, -0.2) is 4.79 Å². The maximum absolute atomic E-state index is 12.5. The number of para-hydroxylation sites is 1. The third-order valence-electron chi connectivity index (χ3n) is 5.09. The van der Waals surface area contributed by atoms with Gasteiger partial charge in [-0.15, -0.1) is 0 Å². The standard InChI is InChI=1S/C21H30N4O2/c1-14(2)17-7-6-8-18(15(3)4)20(17)24-9-11-25(12-10-24)21(26)22-19-13-16(5)27-23-19/h6-8,13-15H,9-12H2,1-5H3,(H,22,23,26). The first kappa shape index (κ1) is 19.3. The predicted molar refractivity (Wildman–Crippen MR) is 109 cm³/mol. The molecule has 0 bridgehead atoms. The van der Waals surface area contributed by atoms with Crippen LogP contribution in [-0.4, -0.2) is 42.3 Å². The first-order valence-electron chi connectivity index (χ1n) is 9.73. The third-order valence-corrected chi connectivity index (χ3v) is 5.09. The SMILES string of the molecule is Cc1cc(NC(=O)N2CCN(c3c(C(C)C)cccc3C(C)C)CC2)no1. The lowest BCUT2D eigenvalue weighted by Crippen LogP contribution is -2.50. The number of hydrogen-bond acceptors (Lipinski definition) is 4. The lowest BCUT2D eigenvalue weighted by Gasteiger charge is -2.38. The summed E-state index contributed by atoms with van der Waals surface area (Å²) >= 11 is 0. The Labute approximate surface area is 161 Å². The Morgan fingerprint density at radius 3 is 2.15 bits per heavy atom. The number of aromatic nitrogens is 1. The highest BCUT2D eigenvalue weighted by Crippen LogP contribution is 2.35. The molecule has 2 heterocycles. The largest absolute Gasteiger partial charge is 0.368 e. The van der Waals surface area contributed by atoms with Crippen molar-refractivity contribution < 1.29 is 9.32 Å². The van der Waals surface area contributed by atoms with Crippen molar-refractivity contribution in [3.63, 3.8) is 0 Å². The molecule has 2 amide bonds. The summed E-state index contributed by atoms with van der Waals surface area (Å²) in [5.74, 6) is 2.08. The van der Waals surface area contributed by atoms with Crippen LogP contribution in [0.15, 0.2) is 28.8 Å². The van der Waals surface area contributed by atoms with E-state index < -0.39 is 0 Å². The average molecular weight is 370 g/mol. The lowest BCUT2D eigenvalue weighted by atomic mass is 9.91. The minimum absolute atomic E-state index is 0.121. The van der Waals surface area contributed by atoms with E-state index in [9.17, 15) is 4.79 Å². The van der Waals surface area contributed by atoms with E-state index in [0.717, 1.165) is 13.1 Å². The van der Waals surface area contributed by atoms with Gasteiger partial charge in [0.15, 0.2) is 5.82 Å². The number of nitrogens with one attached hydrogen (secondary N) is 1. The summed E-state index contributed by atoms with van der Waals surface area (Å²) in [6, 6.07) is 8.24. The van der Waals surface area contributed by atoms with Gasteiger partial charge in [0.2, 0.25) is 0 Å². The summed E-state index contributed by atoms with van der Waals surface area (Å²) in [7, 11) is 0. The van der Waals surface area contributed by atoms with E-state index >= 15 is 0 Å². The van der Waals surface area contributed by atoms with Gasteiger partial charge >= 0.3 is 6.03 Å². The van der Waals surface area contributed by atoms with Crippen molar-refractivity contribution in [3.8, 4) is 0 Å². The molecule has 146 valence electrons. The number of carbonyl (C=O) groups excluding carboxylic acids is 1. The monoisotopic (exact) mass is 370 g/mol. The molecule has 1 fully saturated rings. The number of hydrogen-bond donors (Lipinski definition) is 1. The summed E-state index contributed by atoms with van der Waals surface area (Å²) in [6.45, 7) is 13.8. The topological polar surface area (TPSA) is 61.6 Å². The third kappa shape index (κ3) is 4.26. The fourth-order valence-electron chi connectivity index (χ4n) is 3.62. The molecule has 0 unspecified atom stereocenters. The maximum atomic E-state index is 12.5. The summed E-state index contributed by atoms with van der Waals surface area (Å²) in [6.07, 6.45) is 0. The zero-order valence-electron chi connectivity index (χ0n) is 17.0. The zero-order valence-corrected chi connectivity index (χ0v) is 17.0. The first-order chi connectivity index (χ1) is 12.9. The molecule has 0 atom stereocenters. The van der Waals surface area contributed by atoms with Crippen LogP contribution in [0.2, 0.25) is 0 Å². The number of benzene rings is 1. The summed E-state index contributed by atoms with van der Waals surface area (Å²) < 4.78 is 5.01. The molecule has 1 aromatic heterocycles. The van der Waals surface area contributed by atoms with Crippen LogP contribution >= 0.6 is 0 Å². The number of carbonyl (C=O) groups is 1. The lowest BCUT2D eigenvalue weighted by molar-refractivity contribution is 0.208. The molecule has 0 radical (unpaired) electrons. The van der Waals surface area contributed by atoms with Crippen molar-refractivity contribution in [1.82, 2.24) is 10.1 Å². The van der Waals surface area contributed by atoms with Crippen molar-refractivity contribution in [2.24, 2.45) is 0 Å². The highest BCUT2D eigenvalue weighted by molar-refractivity contribution is 5.88. The summed E-state index contributed by atoms with van der Waals surface area (Å²) in [5.41, 5.74) is 4.13. The van der Waals surface area contributed by atoms with Crippen molar-refractivity contribution in [1.29, 1.82) is 0 Å². The first-order valence-corrected chi connectivity index (χ1v) is 9.73. The van der Waals surface area contributed by atoms with Crippen LogP contribution in [0, 0.1) is 6.92 Å². The van der Waals surface area contributed by atoms with Gasteiger partial charge in [-0.2, -0.15) is 0 Å². The van der Waals surface area contributed by atoms with E-state index in [1.165, 1.54) is 16.8 Å². The Hall–Kier alpha value is -2.50. The molecule has 6 nitrogen and oxygen atoms in total. The van der Waals surface area contributed by atoms with Crippen LogP contribution in [0.1, 0.15) is 56.4 Å². The second kappa shape index (κ2) is 8.03. The van der Waals surface area contributed by atoms with Gasteiger partial charge in [-0.1, -0.05) is 51.1 Å². The van der Waals surface area contributed by atoms with E-state index in [0.29, 0.717) is 36.5 Å². The van der Waals surface area contributed by atoms with Crippen LogP contribution in [0.5, 0.6) is 0 Å². The number of anilines is 2. The molecule has 0 aliphatic carbocycles. The minimum atomic E-state index is -0.121. The highest BCUT2D eigenvalue weighted by Gasteiger charge is 2.26. The van der Waals surface area contributed by atoms with E-state index in [-0.39, 0.29) is 6.03 Å². The molecular formula is C21H30N4O2. The van der Waals surface area contributed by atoms with Crippen LogP contribution < -0.4 is 10.2 Å². The number of piperazine rings is 1. The van der Waals surface area contributed by atoms with Crippen LogP contribution in [0.25, 0.3) is 0 Å². The number of urea groups is 1. The van der Waals surface area contributed by atoms with E-state index in [1.54, 1.807) is 13.0 Å². The second-order valence-corrected chi connectivity index (χ2v) is 7.82. The van der Waals surface area contributed by atoms with Crippen molar-refractivity contribution in [3.05, 3.63) is 41.2 Å². The quantitative estimate of drug-likeness (QED) is 0.855. The molecule has 1 aliphatic rings. The van der Waals surface area contributed by atoms with Gasteiger partial charge in [-0.05, 0) is 29.9 Å². The normalized spacial score (nSPS) is 14.9. The Kier molecular flexibility index (Phi) is 5.73. The van der Waals surface area contributed by atoms with Gasteiger partial charge in [0.05, 0.1) is 0 Å². The van der Waals surface area contributed by atoms with Gasteiger partial charge in [0, 0.05) is 37.9 Å². The van der Waals surface area contributed by atoms with Gasteiger partial charge in [-0.3, -0.25) is 5.32 Å². The number of nitrogens with zero attached hydrogens (tertiary/aromatic N) is 3. The average Bonchev–Trinajstić information content (AvgIpc) is 3.05. The second-order valence-electron chi connectivity index (χ2n) is 7.82. The van der Waals surface area contributed by atoms with Crippen molar-refractivity contribution >= 4 is 17.5 Å². The summed E-state index contributed by atoms with van der Waals surface area (Å²) in [5, 5.41) is 6.64. The molecule has 1 saturated heterocycles. The van der Waals surface area contributed by atoms with E-state index in [1.807, 2.05) is 4.90 Å². The highest BCUT2D eigenvalue weighted by atomic mass is 16.5. The van der Waals surface area contributed by atoms with Crippen molar-refractivity contribution in [2.75, 3.05) is 36.4 Å². The van der Waals surface area contributed by atoms with E-state index in [2.05, 4.69) is 61.3 Å². The molecular weight excluding hydrogens is 340 g/mol. The molecule has 2 aromatic rings. The molecule has 1 N–H and O–H groups in total. The molecule has 6 heteroatoms. The fourth-order valence-corrected chi connectivity index (χ4v) is 3.62. The fraction of sp³-hybridized carbons (Fsp3) is 0.524. The molecule has 0 saturated carbocycles. The Bertz CT molecular complexity index is 763. The maximum Gasteiger partial charge on any atom is 0.323 e. The summed E-state index contributed by atoms with van der Waals surface area (Å²) in [4.78, 5) is 16.8. The van der Waals surface area contributed by atoms with E-state index in [4.69, 9.17) is 4.52 Å². The number of amides is 2. The minimum Gasteiger partial charge on any atom is -0.368 e. The van der Waals surface area contributed by atoms with Crippen LogP contribution in [0.3, 0.4) is 0 Å². The zero-order chi connectivity index (χ0) is 19.6. The molecule has 0 spiro atoms. The molecule has 1 aromatic carbocycles. The van der Waals surface area contributed by atoms with Gasteiger partial charge in [0.25, 0.3) is 0 Å². The molecule has 1 aliphatic heterocycles. The molecule has 27 heavy (non-hydrogen) atoms. The van der Waals surface area contributed by atoms with Crippen molar-refractivity contribution in [2.45, 2.75) is 46.5 Å².